The van der Waals surface area contributed by atoms with Crippen molar-refractivity contribution in [1.29, 1.82) is 0 Å². The number of aryl methyl sites for hydroxylation is 1. The van der Waals surface area contributed by atoms with Crippen molar-refractivity contribution in [3.05, 3.63) is 28.7 Å². The fourth-order valence-corrected chi connectivity index (χ4v) is 4.22. The molecule has 1 saturated heterocycles. The Kier molecular flexibility index (Phi) is 4.36. The molecule has 3 aromatic heterocycles. The van der Waals surface area contributed by atoms with Gasteiger partial charge in [-0.3, -0.25) is 4.90 Å². The minimum absolute atomic E-state index is 0.0631. The van der Waals surface area contributed by atoms with E-state index in [1.165, 1.54) is 11.2 Å². The van der Waals surface area contributed by atoms with E-state index in [4.69, 9.17) is 5.73 Å². The number of hydrogen-bond acceptors (Lipinski definition) is 8. The Morgan fingerprint density at radius 2 is 2.08 bits per heavy atom. The molecule has 25 heavy (non-hydrogen) atoms. The van der Waals surface area contributed by atoms with Gasteiger partial charge < -0.3 is 15.4 Å². The molecule has 0 amide bonds. The second-order valence-corrected chi connectivity index (χ2v) is 7.37. The SMILES string of the molecule is Cc1ncsc1CN1CC[C@H](O)[C@@H](n2cnc3c(N)ncnc32)CC1. The summed E-state index contributed by atoms with van der Waals surface area (Å²) < 4.78 is 1.94. The van der Waals surface area contributed by atoms with Crippen LogP contribution in [0.4, 0.5) is 5.82 Å². The zero-order valence-corrected chi connectivity index (χ0v) is 14.9. The number of thiazole rings is 1. The maximum atomic E-state index is 10.7. The summed E-state index contributed by atoms with van der Waals surface area (Å²) in [5.41, 5.74) is 10.1. The minimum atomic E-state index is -0.443. The number of aromatic nitrogens is 5. The molecule has 1 aliphatic rings. The molecule has 132 valence electrons. The van der Waals surface area contributed by atoms with Gasteiger partial charge in [-0.15, -0.1) is 11.3 Å². The van der Waals surface area contributed by atoms with Gasteiger partial charge in [0.25, 0.3) is 0 Å². The summed E-state index contributed by atoms with van der Waals surface area (Å²) in [7, 11) is 0. The van der Waals surface area contributed by atoms with E-state index in [1.54, 1.807) is 17.7 Å². The summed E-state index contributed by atoms with van der Waals surface area (Å²) in [4.78, 5) is 20.6. The van der Waals surface area contributed by atoms with Crippen molar-refractivity contribution < 1.29 is 5.11 Å². The average Bonchev–Trinajstić information content (AvgIpc) is 3.15. The van der Waals surface area contributed by atoms with E-state index in [1.807, 2.05) is 17.0 Å². The molecule has 8 nitrogen and oxygen atoms in total. The first-order chi connectivity index (χ1) is 12.1. The van der Waals surface area contributed by atoms with Crippen LogP contribution >= 0.6 is 11.3 Å². The fourth-order valence-electron chi connectivity index (χ4n) is 3.40. The number of nitrogens with zero attached hydrogens (tertiary/aromatic N) is 6. The first-order valence-corrected chi connectivity index (χ1v) is 9.24. The van der Waals surface area contributed by atoms with E-state index >= 15 is 0 Å². The highest BCUT2D eigenvalue weighted by Crippen LogP contribution is 2.28. The molecule has 0 spiro atoms. The Balaban J connectivity index is 1.55. The van der Waals surface area contributed by atoms with E-state index in [2.05, 4.69) is 24.8 Å². The molecule has 9 heteroatoms. The summed E-state index contributed by atoms with van der Waals surface area (Å²) in [6.45, 7) is 4.69. The number of rotatable bonds is 3. The van der Waals surface area contributed by atoms with Gasteiger partial charge in [0.15, 0.2) is 11.5 Å². The van der Waals surface area contributed by atoms with Gasteiger partial charge in [0, 0.05) is 24.5 Å². The zero-order valence-electron chi connectivity index (χ0n) is 14.0. The van der Waals surface area contributed by atoms with Crippen molar-refractivity contribution in [2.45, 2.75) is 38.5 Å². The highest BCUT2D eigenvalue weighted by molar-refractivity contribution is 7.09. The standard InChI is InChI=1S/C16H21N7OS/c1-10-13(25-9-21-10)6-22-4-2-11(12(24)3-5-22)23-8-20-14-15(17)18-7-19-16(14)23/h7-9,11-12,24H,2-6H2,1H3,(H2,17,18,19)/t11-,12-/m0/s1. The van der Waals surface area contributed by atoms with E-state index in [0.717, 1.165) is 31.7 Å². The van der Waals surface area contributed by atoms with Crippen molar-refractivity contribution in [3.8, 4) is 0 Å². The zero-order chi connectivity index (χ0) is 17.4. The van der Waals surface area contributed by atoms with Crippen LogP contribution in [0.1, 0.15) is 29.5 Å². The maximum Gasteiger partial charge on any atom is 0.165 e. The average molecular weight is 359 g/mol. The van der Waals surface area contributed by atoms with Crippen LogP contribution in [0.25, 0.3) is 11.2 Å². The van der Waals surface area contributed by atoms with Gasteiger partial charge in [-0.25, -0.2) is 19.9 Å². The normalized spacial score (nSPS) is 22.3. The Hall–Kier alpha value is -2.10. The molecule has 4 rings (SSSR count). The van der Waals surface area contributed by atoms with E-state index < -0.39 is 6.10 Å². The van der Waals surface area contributed by atoms with Gasteiger partial charge >= 0.3 is 0 Å². The summed E-state index contributed by atoms with van der Waals surface area (Å²) in [5.74, 6) is 0.370. The Labute approximate surface area is 149 Å². The lowest BCUT2D eigenvalue weighted by molar-refractivity contribution is 0.109. The monoisotopic (exact) mass is 359 g/mol. The number of hydrogen-bond donors (Lipinski definition) is 2. The largest absolute Gasteiger partial charge is 0.391 e. The van der Waals surface area contributed by atoms with Gasteiger partial charge in [-0.1, -0.05) is 0 Å². The third-order valence-corrected chi connectivity index (χ3v) is 5.80. The fraction of sp³-hybridized carbons (Fsp3) is 0.500. The third kappa shape index (κ3) is 3.10. The summed E-state index contributed by atoms with van der Waals surface area (Å²) >= 11 is 1.69. The lowest BCUT2D eigenvalue weighted by Crippen LogP contribution is -2.24. The van der Waals surface area contributed by atoms with Gasteiger partial charge in [-0.2, -0.15) is 0 Å². The summed E-state index contributed by atoms with van der Waals surface area (Å²) in [6, 6.07) is -0.0631. The molecule has 1 aliphatic heterocycles. The molecule has 2 atom stereocenters. The molecule has 0 saturated carbocycles. The second-order valence-electron chi connectivity index (χ2n) is 6.43. The molecular formula is C16H21N7OS. The number of fused-ring (bicyclic) bond motifs is 1. The Morgan fingerprint density at radius 1 is 1.24 bits per heavy atom. The van der Waals surface area contributed by atoms with Crippen LogP contribution in [0.3, 0.4) is 0 Å². The molecule has 0 aromatic carbocycles. The molecule has 0 radical (unpaired) electrons. The Morgan fingerprint density at radius 3 is 2.88 bits per heavy atom. The second kappa shape index (κ2) is 6.66. The number of aliphatic hydroxyl groups is 1. The molecular weight excluding hydrogens is 338 g/mol. The van der Waals surface area contributed by atoms with E-state index in [0.29, 0.717) is 23.4 Å². The van der Waals surface area contributed by atoms with E-state index in [-0.39, 0.29) is 6.04 Å². The van der Waals surface area contributed by atoms with Crippen molar-refractivity contribution in [3.63, 3.8) is 0 Å². The topological polar surface area (TPSA) is 106 Å². The van der Waals surface area contributed by atoms with Crippen LogP contribution in [0.2, 0.25) is 0 Å². The molecule has 0 bridgehead atoms. The van der Waals surface area contributed by atoms with Crippen LogP contribution in [-0.4, -0.2) is 53.7 Å². The molecule has 3 aromatic rings. The number of anilines is 1. The van der Waals surface area contributed by atoms with Crippen LogP contribution < -0.4 is 5.73 Å². The van der Waals surface area contributed by atoms with Crippen LogP contribution in [0.15, 0.2) is 18.2 Å². The lowest BCUT2D eigenvalue weighted by atomic mass is 10.1. The van der Waals surface area contributed by atoms with Gasteiger partial charge in [0.2, 0.25) is 0 Å². The first kappa shape index (κ1) is 16.4. The molecule has 1 fully saturated rings. The summed E-state index contributed by atoms with van der Waals surface area (Å²) in [6.07, 6.45) is 4.25. The first-order valence-electron chi connectivity index (χ1n) is 8.36. The number of nitrogens with two attached hydrogens (primary N) is 1. The number of likely N-dealkylation sites (tertiary alicyclic amines) is 1. The molecule has 0 unspecified atom stereocenters. The van der Waals surface area contributed by atoms with Crippen molar-refractivity contribution in [2.75, 3.05) is 18.8 Å². The lowest BCUT2D eigenvalue weighted by Gasteiger charge is -2.21. The smallest absolute Gasteiger partial charge is 0.165 e. The van der Waals surface area contributed by atoms with Crippen molar-refractivity contribution >= 4 is 28.3 Å². The quantitative estimate of drug-likeness (QED) is 0.727. The predicted molar refractivity (Wildman–Crippen MR) is 96.1 cm³/mol. The van der Waals surface area contributed by atoms with Crippen LogP contribution in [-0.2, 0) is 6.54 Å². The van der Waals surface area contributed by atoms with E-state index in [9.17, 15) is 5.11 Å². The minimum Gasteiger partial charge on any atom is -0.391 e. The van der Waals surface area contributed by atoms with Gasteiger partial charge in [0.05, 0.1) is 29.7 Å². The van der Waals surface area contributed by atoms with Crippen molar-refractivity contribution in [1.82, 2.24) is 29.4 Å². The summed E-state index contributed by atoms with van der Waals surface area (Å²) in [5, 5.41) is 10.7. The predicted octanol–water partition coefficient (Wildman–Crippen LogP) is 1.37. The Bertz CT molecular complexity index is 876. The van der Waals surface area contributed by atoms with Crippen molar-refractivity contribution in [2.24, 2.45) is 0 Å². The van der Waals surface area contributed by atoms with Gasteiger partial charge in [0.1, 0.15) is 11.8 Å². The highest BCUT2D eigenvalue weighted by Gasteiger charge is 2.28. The van der Waals surface area contributed by atoms with Crippen LogP contribution in [0.5, 0.6) is 0 Å². The molecule has 0 aliphatic carbocycles. The number of nitrogen functional groups attached to an aromatic ring is 1. The number of imidazole rings is 1. The molecule has 4 heterocycles. The highest BCUT2D eigenvalue weighted by atomic mass is 32.1. The maximum absolute atomic E-state index is 10.7. The number of aliphatic hydroxyl groups excluding tert-OH is 1. The van der Waals surface area contributed by atoms with Gasteiger partial charge in [-0.05, 0) is 19.8 Å². The van der Waals surface area contributed by atoms with Crippen LogP contribution in [0, 0.1) is 6.92 Å². The molecule has 3 N–H and O–H groups in total. The third-order valence-electron chi connectivity index (χ3n) is 4.88.